The maximum absolute atomic E-state index is 15.0. The quantitative estimate of drug-likeness (QED) is 0.143. The Bertz CT molecular complexity index is 1300. The van der Waals surface area contributed by atoms with Crippen LogP contribution < -0.4 is 9.64 Å². The fourth-order valence-electron chi connectivity index (χ4n) is 3.85. The Morgan fingerprint density at radius 2 is 1.58 bits per heavy atom. The largest absolute Gasteiger partial charge is 0.494 e. The van der Waals surface area contributed by atoms with Gasteiger partial charge >= 0.3 is 0 Å². The van der Waals surface area contributed by atoms with Crippen molar-refractivity contribution in [1.29, 1.82) is 0 Å². The number of hydrogen-bond acceptors (Lipinski definition) is 6. The van der Waals surface area contributed by atoms with Gasteiger partial charge in [-0.2, -0.15) is 10.2 Å². The topological polar surface area (TPSA) is 50.1 Å². The number of anilines is 1. The zero-order valence-corrected chi connectivity index (χ0v) is 22.0. The lowest BCUT2D eigenvalue weighted by Gasteiger charge is -2.11. The van der Waals surface area contributed by atoms with E-state index in [4.69, 9.17) is 4.74 Å². The Hall–Kier alpha value is -3.32. The first kappa shape index (κ1) is 25.8. The zero-order chi connectivity index (χ0) is 25.3. The van der Waals surface area contributed by atoms with Gasteiger partial charge in [0.05, 0.1) is 28.2 Å². The lowest BCUT2D eigenvalue weighted by atomic mass is 10.1. The third-order valence-electron chi connectivity index (χ3n) is 5.96. The first-order valence-electron chi connectivity index (χ1n) is 12.6. The molecule has 0 aliphatic rings. The minimum Gasteiger partial charge on any atom is -0.494 e. The Kier molecular flexibility index (Phi) is 9.01. The molecular formula is C29H33FN4OS. The number of rotatable bonds is 12. The van der Waals surface area contributed by atoms with Crippen LogP contribution in [0.2, 0.25) is 0 Å². The van der Waals surface area contributed by atoms with Crippen molar-refractivity contribution >= 4 is 38.6 Å². The number of aromatic nitrogens is 1. The number of thiazole rings is 1. The molecule has 0 atom stereocenters. The van der Waals surface area contributed by atoms with Crippen LogP contribution in [0.5, 0.6) is 5.75 Å². The molecule has 0 aliphatic heterocycles. The van der Waals surface area contributed by atoms with Gasteiger partial charge in [-0.1, -0.05) is 39.0 Å². The van der Waals surface area contributed by atoms with E-state index in [0.717, 1.165) is 28.1 Å². The Morgan fingerprint density at radius 3 is 2.33 bits per heavy atom. The molecule has 4 rings (SSSR count). The zero-order valence-electron chi connectivity index (χ0n) is 21.2. The maximum atomic E-state index is 15.0. The van der Waals surface area contributed by atoms with Crippen molar-refractivity contribution in [2.24, 2.45) is 10.2 Å². The molecule has 0 aliphatic carbocycles. The number of hydrogen-bond donors (Lipinski definition) is 0. The van der Waals surface area contributed by atoms with E-state index in [2.05, 4.69) is 22.1 Å². The van der Waals surface area contributed by atoms with Gasteiger partial charge in [0.25, 0.3) is 0 Å². The average Bonchev–Trinajstić information content (AvgIpc) is 3.30. The number of fused-ring (bicyclic) bond motifs is 1. The van der Waals surface area contributed by atoms with Crippen molar-refractivity contribution in [2.45, 2.75) is 45.4 Å². The first-order valence-corrected chi connectivity index (χ1v) is 13.4. The predicted molar refractivity (Wildman–Crippen MR) is 149 cm³/mol. The summed E-state index contributed by atoms with van der Waals surface area (Å²) in [5.74, 6) is 0.467. The molecular weight excluding hydrogens is 471 g/mol. The first-order chi connectivity index (χ1) is 17.5. The van der Waals surface area contributed by atoms with Crippen LogP contribution in [0.25, 0.3) is 20.8 Å². The number of halogens is 1. The summed E-state index contributed by atoms with van der Waals surface area (Å²) >= 11 is 1.46. The second-order valence-corrected chi connectivity index (χ2v) is 10.1. The third kappa shape index (κ3) is 6.88. The highest BCUT2D eigenvalue weighted by atomic mass is 32.1. The summed E-state index contributed by atoms with van der Waals surface area (Å²) in [6.07, 6.45) is 7.40. The summed E-state index contributed by atoms with van der Waals surface area (Å²) in [4.78, 5) is 6.65. The van der Waals surface area contributed by atoms with E-state index in [-0.39, 0.29) is 5.82 Å². The summed E-state index contributed by atoms with van der Waals surface area (Å²) in [5.41, 5.74) is 3.55. The molecule has 36 heavy (non-hydrogen) atoms. The highest BCUT2D eigenvalue weighted by Crippen LogP contribution is 2.35. The molecule has 4 aromatic rings. The standard InChI is InChI=1S/C29H33FN4OS/c1-4-5-6-7-8-9-18-35-24-15-17-27-28(20-24)36-29(31-27)25-16-12-22(19-26(25)30)33-32-21-10-13-23(14-11-21)34(2)3/h10-17,19-20H,4-9,18H2,1-3H3. The SMILES string of the molecule is CCCCCCCCOc1ccc2nc(-c3ccc(N=Nc4ccc(N(C)C)cc4)cc3F)sc2c1. The van der Waals surface area contributed by atoms with Crippen molar-refractivity contribution in [3.8, 4) is 16.3 Å². The minimum atomic E-state index is -0.368. The molecule has 0 fully saturated rings. The van der Waals surface area contributed by atoms with Crippen LogP contribution in [0.15, 0.2) is 70.9 Å². The molecule has 3 aromatic carbocycles. The Morgan fingerprint density at radius 1 is 0.861 bits per heavy atom. The van der Waals surface area contributed by atoms with E-state index in [9.17, 15) is 4.39 Å². The van der Waals surface area contributed by atoms with Crippen LogP contribution in [0.3, 0.4) is 0 Å². The van der Waals surface area contributed by atoms with Gasteiger partial charge in [-0.05, 0) is 61.0 Å². The molecule has 1 heterocycles. The van der Waals surface area contributed by atoms with Crippen LogP contribution >= 0.6 is 11.3 Å². The average molecular weight is 505 g/mol. The molecule has 0 radical (unpaired) electrons. The monoisotopic (exact) mass is 504 g/mol. The summed E-state index contributed by atoms with van der Waals surface area (Å²) < 4.78 is 21.9. The summed E-state index contributed by atoms with van der Waals surface area (Å²) in [7, 11) is 3.96. The molecule has 188 valence electrons. The van der Waals surface area contributed by atoms with Crippen LogP contribution in [-0.2, 0) is 0 Å². The number of ether oxygens (including phenoxy) is 1. The molecule has 0 amide bonds. The lowest BCUT2D eigenvalue weighted by Crippen LogP contribution is -2.07. The van der Waals surface area contributed by atoms with E-state index in [1.807, 2.05) is 61.5 Å². The molecule has 0 saturated carbocycles. The maximum Gasteiger partial charge on any atom is 0.135 e. The van der Waals surface area contributed by atoms with Crippen LogP contribution in [0.4, 0.5) is 21.5 Å². The van der Waals surface area contributed by atoms with Gasteiger partial charge in [0.2, 0.25) is 0 Å². The summed E-state index contributed by atoms with van der Waals surface area (Å²) in [6, 6.07) is 18.5. The number of unbranched alkanes of at least 4 members (excludes halogenated alkanes) is 5. The second kappa shape index (κ2) is 12.6. The van der Waals surface area contributed by atoms with E-state index in [1.165, 1.54) is 49.5 Å². The second-order valence-electron chi connectivity index (χ2n) is 9.04. The summed E-state index contributed by atoms with van der Waals surface area (Å²) in [5, 5.41) is 9.06. The van der Waals surface area contributed by atoms with Gasteiger partial charge in [-0.15, -0.1) is 11.3 Å². The van der Waals surface area contributed by atoms with E-state index in [1.54, 1.807) is 12.1 Å². The molecule has 0 spiro atoms. The molecule has 1 aromatic heterocycles. The van der Waals surface area contributed by atoms with Crippen molar-refractivity contribution in [3.63, 3.8) is 0 Å². The lowest BCUT2D eigenvalue weighted by molar-refractivity contribution is 0.305. The predicted octanol–water partition coefficient (Wildman–Crippen LogP) is 9.32. The fraction of sp³-hybridized carbons (Fsp3) is 0.345. The number of azo groups is 1. The number of nitrogens with zero attached hydrogens (tertiary/aromatic N) is 4. The van der Waals surface area contributed by atoms with E-state index in [0.29, 0.717) is 28.6 Å². The van der Waals surface area contributed by atoms with Crippen molar-refractivity contribution in [3.05, 3.63) is 66.5 Å². The van der Waals surface area contributed by atoms with Gasteiger partial charge in [0.15, 0.2) is 0 Å². The van der Waals surface area contributed by atoms with Crippen LogP contribution in [-0.4, -0.2) is 25.7 Å². The Labute approximate surface area is 216 Å². The van der Waals surface area contributed by atoms with Gasteiger partial charge in [-0.25, -0.2) is 9.37 Å². The van der Waals surface area contributed by atoms with Crippen molar-refractivity contribution in [2.75, 3.05) is 25.6 Å². The smallest absolute Gasteiger partial charge is 0.135 e. The van der Waals surface area contributed by atoms with Crippen molar-refractivity contribution < 1.29 is 9.13 Å². The number of benzene rings is 3. The molecule has 0 bridgehead atoms. The van der Waals surface area contributed by atoms with E-state index < -0.39 is 0 Å². The Balaban J connectivity index is 1.39. The van der Waals surface area contributed by atoms with Gasteiger partial charge in [0, 0.05) is 31.4 Å². The van der Waals surface area contributed by atoms with E-state index >= 15 is 0 Å². The summed E-state index contributed by atoms with van der Waals surface area (Å²) in [6.45, 7) is 2.95. The molecule has 0 N–H and O–H groups in total. The molecule has 0 unspecified atom stereocenters. The molecule has 5 nitrogen and oxygen atoms in total. The highest BCUT2D eigenvalue weighted by molar-refractivity contribution is 7.21. The van der Waals surface area contributed by atoms with Gasteiger partial charge in [0.1, 0.15) is 16.6 Å². The fourth-order valence-corrected chi connectivity index (χ4v) is 4.88. The van der Waals surface area contributed by atoms with Gasteiger partial charge < -0.3 is 9.64 Å². The van der Waals surface area contributed by atoms with Crippen LogP contribution in [0, 0.1) is 5.82 Å². The van der Waals surface area contributed by atoms with Crippen LogP contribution in [0.1, 0.15) is 45.4 Å². The molecule has 7 heteroatoms. The normalized spacial score (nSPS) is 11.4. The highest BCUT2D eigenvalue weighted by Gasteiger charge is 2.12. The minimum absolute atomic E-state index is 0.368. The van der Waals surface area contributed by atoms with Crippen molar-refractivity contribution in [1.82, 2.24) is 4.98 Å². The molecule has 0 saturated heterocycles. The van der Waals surface area contributed by atoms with Gasteiger partial charge in [-0.3, -0.25) is 0 Å². The third-order valence-corrected chi connectivity index (χ3v) is 7.01.